The minimum atomic E-state index is -0.152. The molecule has 1 aromatic carbocycles. The number of H-pyrrole nitrogens is 1. The molecule has 6 nitrogen and oxygen atoms in total. The molecule has 7 heteroatoms. The molecule has 1 saturated heterocycles. The van der Waals surface area contributed by atoms with Crippen LogP contribution in [0.25, 0.3) is 10.9 Å². The molecule has 0 atom stereocenters. The molecule has 1 aliphatic rings. The smallest absolute Gasteiger partial charge is 0.258 e. The summed E-state index contributed by atoms with van der Waals surface area (Å²) < 4.78 is 6.05. The van der Waals surface area contributed by atoms with Crippen LogP contribution in [0.3, 0.4) is 0 Å². The van der Waals surface area contributed by atoms with E-state index in [-0.39, 0.29) is 11.7 Å². The van der Waals surface area contributed by atoms with Gasteiger partial charge >= 0.3 is 0 Å². The first-order chi connectivity index (χ1) is 13.1. The molecule has 4 rings (SSSR count). The highest BCUT2D eigenvalue weighted by molar-refractivity contribution is 6.31. The normalized spacial score (nSPS) is 15.9. The molecule has 0 saturated carbocycles. The Hall–Kier alpha value is -2.44. The summed E-state index contributed by atoms with van der Waals surface area (Å²) in [6, 6.07) is 9.10. The number of halogens is 1. The van der Waals surface area contributed by atoms with Gasteiger partial charge in [0.2, 0.25) is 5.88 Å². The minimum absolute atomic E-state index is 0.152. The van der Waals surface area contributed by atoms with Gasteiger partial charge in [-0.05, 0) is 44.0 Å². The largest absolute Gasteiger partial charge is 0.474 e. The third-order valence-electron chi connectivity index (χ3n) is 4.86. The monoisotopic (exact) mass is 384 g/mol. The maximum absolute atomic E-state index is 12.3. The predicted octanol–water partition coefficient (Wildman–Crippen LogP) is 3.32. The van der Waals surface area contributed by atoms with Crippen molar-refractivity contribution < 1.29 is 4.74 Å². The number of fused-ring (bicyclic) bond motifs is 1. The average molecular weight is 385 g/mol. The number of rotatable bonds is 4. The fourth-order valence-electron chi connectivity index (χ4n) is 3.38. The van der Waals surface area contributed by atoms with Crippen molar-refractivity contribution >= 4 is 22.5 Å². The molecule has 1 fully saturated rings. The van der Waals surface area contributed by atoms with Crippen LogP contribution in [-0.4, -0.2) is 39.0 Å². The number of hydrogen-bond donors (Lipinski definition) is 1. The van der Waals surface area contributed by atoms with Crippen LogP contribution in [0.15, 0.2) is 41.3 Å². The van der Waals surface area contributed by atoms with Crippen molar-refractivity contribution in [3.05, 3.63) is 63.3 Å². The van der Waals surface area contributed by atoms with Gasteiger partial charge in [0, 0.05) is 29.9 Å². The molecule has 0 unspecified atom stereocenters. The van der Waals surface area contributed by atoms with E-state index in [0.717, 1.165) is 37.4 Å². The maximum atomic E-state index is 12.3. The lowest BCUT2D eigenvalue weighted by Crippen LogP contribution is -2.38. The van der Waals surface area contributed by atoms with Gasteiger partial charge in [0.15, 0.2) is 0 Å². The Morgan fingerprint density at radius 3 is 2.89 bits per heavy atom. The summed E-state index contributed by atoms with van der Waals surface area (Å²) in [5, 5.41) is 1.05. The number of nitrogens with zero attached hydrogens (tertiary/aromatic N) is 3. The van der Waals surface area contributed by atoms with Gasteiger partial charge in [0.1, 0.15) is 11.9 Å². The van der Waals surface area contributed by atoms with Gasteiger partial charge in [-0.3, -0.25) is 9.69 Å². The Morgan fingerprint density at radius 2 is 2.11 bits per heavy atom. The van der Waals surface area contributed by atoms with Crippen LogP contribution < -0.4 is 10.3 Å². The first-order valence-corrected chi connectivity index (χ1v) is 9.45. The molecule has 0 spiro atoms. The molecular weight excluding hydrogens is 364 g/mol. The Morgan fingerprint density at radius 1 is 1.30 bits per heavy atom. The maximum Gasteiger partial charge on any atom is 0.258 e. The van der Waals surface area contributed by atoms with E-state index in [1.807, 2.05) is 19.1 Å². The molecular formula is C20H21ClN4O2. The molecule has 0 amide bonds. The van der Waals surface area contributed by atoms with Crippen molar-refractivity contribution in [3.63, 3.8) is 0 Å². The fraction of sp³-hybridized carbons (Fsp3) is 0.350. The lowest BCUT2D eigenvalue weighted by atomic mass is 10.1. The molecule has 2 aromatic heterocycles. The summed E-state index contributed by atoms with van der Waals surface area (Å²) in [5.74, 6) is 1.39. The quantitative estimate of drug-likeness (QED) is 0.747. The van der Waals surface area contributed by atoms with E-state index in [1.54, 1.807) is 24.4 Å². The van der Waals surface area contributed by atoms with E-state index in [1.165, 1.54) is 0 Å². The zero-order valence-electron chi connectivity index (χ0n) is 15.1. The lowest BCUT2D eigenvalue weighted by Gasteiger charge is -2.31. The number of aryl methyl sites for hydroxylation is 1. The van der Waals surface area contributed by atoms with Gasteiger partial charge in [0.25, 0.3) is 5.56 Å². The lowest BCUT2D eigenvalue weighted by molar-refractivity contribution is 0.0913. The van der Waals surface area contributed by atoms with E-state index >= 15 is 0 Å². The van der Waals surface area contributed by atoms with E-state index in [0.29, 0.717) is 28.3 Å². The molecule has 0 radical (unpaired) electrons. The average Bonchev–Trinajstić information content (AvgIpc) is 2.66. The summed E-state index contributed by atoms with van der Waals surface area (Å²) in [5.41, 5.74) is 1.57. The Kier molecular flexibility index (Phi) is 5.09. The number of pyridine rings is 1. The number of likely N-dealkylation sites (tertiary alicyclic amines) is 1. The van der Waals surface area contributed by atoms with Crippen LogP contribution in [0.1, 0.15) is 24.2 Å². The molecule has 1 N–H and O–H groups in total. The Labute approximate surface area is 162 Å². The third-order valence-corrected chi connectivity index (χ3v) is 5.10. The zero-order chi connectivity index (χ0) is 18.8. The van der Waals surface area contributed by atoms with Gasteiger partial charge in [-0.15, -0.1) is 0 Å². The first kappa shape index (κ1) is 17.9. The van der Waals surface area contributed by atoms with Crippen molar-refractivity contribution in [2.24, 2.45) is 0 Å². The van der Waals surface area contributed by atoms with Gasteiger partial charge in [-0.2, -0.15) is 0 Å². The highest BCUT2D eigenvalue weighted by Crippen LogP contribution is 2.21. The van der Waals surface area contributed by atoms with E-state index < -0.39 is 0 Å². The highest BCUT2D eigenvalue weighted by atomic mass is 35.5. The van der Waals surface area contributed by atoms with Gasteiger partial charge in [-0.1, -0.05) is 17.7 Å². The summed E-state index contributed by atoms with van der Waals surface area (Å²) in [4.78, 5) is 26.3. The second-order valence-electron chi connectivity index (χ2n) is 6.89. The van der Waals surface area contributed by atoms with Crippen molar-refractivity contribution in [1.82, 2.24) is 19.9 Å². The molecule has 27 heavy (non-hydrogen) atoms. The third kappa shape index (κ3) is 4.12. The standard InChI is InChI=1S/C20H21ClN4O2/c1-13-3-2-8-22-20(13)27-15-6-9-25(10-7-15)12-18-23-17-5-4-14(21)11-16(17)19(26)24-18/h2-5,8,11,15H,6-7,9-10,12H2,1H3,(H,23,24,26). The van der Waals surface area contributed by atoms with Crippen LogP contribution in [0.4, 0.5) is 0 Å². The molecule has 1 aliphatic heterocycles. The Bertz CT molecular complexity index is 1010. The van der Waals surface area contributed by atoms with Crippen LogP contribution in [0.5, 0.6) is 5.88 Å². The van der Waals surface area contributed by atoms with Crippen LogP contribution >= 0.6 is 11.6 Å². The molecule has 140 valence electrons. The fourth-order valence-corrected chi connectivity index (χ4v) is 3.56. The van der Waals surface area contributed by atoms with Crippen molar-refractivity contribution in [2.45, 2.75) is 32.4 Å². The Balaban J connectivity index is 1.39. The predicted molar refractivity (Wildman–Crippen MR) is 105 cm³/mol. The number of aromatic amines is 1. The number of benzene rings is 1. The van der Waals surface area contributed by atoms with E-state index in [9.17, 15) is 4.79 Å². The summed E-state index contributed by atoms with van der Waals surface area (Å²) >= 11 is 5.96. The van der Waals surface area contributed by atoms with Crippen molar-refractivity contribution in [3.8, 4) is 5.88 Å². The summed E-state index contributed by atoms with van der Waals surface area (Å²) in [7, 11) is 0. The molecule has 0 bridgehead atoms. The van der Waals surface area contributed by atoms with Crippen molar-refractivity contribution in [2.75, 3.05) is 13.1 Å². The number of piperidine rings is 1. The summed E-state index contributed by atoms with van der Waals surface area (Å²) in [6.07, 6.45) is 3.76. The van der Waals surface area contributed by atoms with Crippen molar-refractivity contribution in [1.29, 1.82) is 0 Å². The highest BCUT2D eigenvalue weighted by Gasteiger charge is 2.22. The number of aromatic nitrogens is 3. The van der Waals surface area contributed by atoms with Gasteiger partial charge in [-0.25, -0.2) is 9.97 Å². The molecule has 3 heterocycles. The second-order valence-corrected chi connectivity index (χ2v) is 7.33. The number of ether oxygens (including phenoxy) is 1. The topological polar surface area (TPSA) is 71.1 Å². The van der Waals surface area contributed by atoms with E-state index in [4.69, 9.17) is 16.3 Å². The second kappa shape index (κ2) is 7.66. The number of hydrogen-bond acceptors (Lipinski definition) is 5. The summed E-state index contributed by atoms with van der Waals surface area (Å²) in [6.45, 7) is 4.40. The van der Waals surface area contributed by atoms with Crippen LogP contribution in [0.2, 0.25) is 5.02 Å². The minimum Gasteiger partial charge on any atom is -0.474 e. The molecule has 3 aromatic rings. The number of nitrogens with one attached hydrogen (secondary N) is 1. The molecule has 0 aliphatic carbocycles. The van der Waals surface area contributed by atoms with Crippen LogP contribution in [0, 0.1) is 6.92 Å². The zero-order valence-corrected chi connectivity index (χ0v) is 15.9. The SMILES string of the molecule is Cc1cccnc1OC1CCN(Cc2nc3ccc(Cl)cc3c(=O)[nH]2)CC1. The van der Waals surface area contributed by atoms with Gasteiger partial charge < -0.3 is 9.72 Å². The van der Waals surface area contributed by atoms with E-state index in [2.05, 4.69) is 19.9 Å². The first-order valence-electron chi connectivity index (χ1n) is 9.07. The van der Waals surface area contributed by atoms with Gasteiger partial charge in [0.05, 0.1) is 17.4 Å². The van der Waals surface area contributed by atoms with Crippen LogP contribution in [-0.2, 0) is 6.54 Å².